The zero-order valence-corrected chi connectivity index (χ0v) is 13.3. The Morgan fingerprint density at radius 3 is 2.75 bits per heavy atom. The van der Waals surface area contributed by atoms with E-state index in [-0.39, 0.29) is 13.2 Å². The summed E-state index contributed by atoms with van der Waals surface area (Å²) < 4.78 is 12.9. The maximum absolute atomic E-state index is 11.0. The van der Waals surface area contributed by atoms with Crippen molar-refractivity contribution in [2.75, 3.05) is 6.79 Å². The normalized spacial score (nSPS) is 12.7. The van der Waals surface area contributed by atoms with Gasteiger partial charge in [0.05, 0.1) is 6.42 Å². The number of fused-ring (bicyclic) bond motifs is 2. The van der Waals surface area contributed by atoms with E-state index in [4.69, 9.17) is 14.6 Å². The molecule has 4 rings (SSSR count). The van der Waals surface area contributed by atoms with Gasteiger partial charge >= 0.3 is 5.97 Å². The molecular weight excluding hydrogens is 306 g/mol. The average molecular weight is 323 g/mol. The van der Waals surface area contributed by atoms with Crippen LogP contribution in [0.25, 0.3) is 10.9 Å². The van der Waals surface area contributed by atoms with Gasteiger partial charge in [0.15, 0.2) is 11.5 Å². The third kappa shape index (κ3) is 2.58. The topological polar surface area (TPSA) is 60.7 Å². The maximum atomic E-state index is 11.0. The summed E-state index contributed by atoms with van der Waals surface area (Å²) in [6.07, 6.45) is 2.13. The molecule has 0 radical (unpaired) electrons. The smallest absolute Gasteiger partial charge is 0.307 e. The van der Waals surface area contributed by atoms with Crippen molar-refractivity contribution in [1.82, 2.24) is 4.57 Å². The van der Waals surface area contributed by atoms with Crippen LogP contribution in [0.5, 0.6) is 11.5 Å². The number of hydrogen-bond donors (Lipinski definition) is 1. The molecule has 1 aliphatic rings. The SMILES string of the molecule is Cc1cn(Cc2ccc3c(c2)OCO3)c2cc(CC(=O)O)ccc12. The van der Waals surface area contributed by atoms with Gasteiger partial charge in [0.25, 0.3) is 0 Å². The fraction of sp³-hybridized carbons (Fsp3) is 0.211. The summed E-state index contributed by atoms with van der Waals surface area (Å²) >= 11 is 0. The van der Waals surface area contributed by atoms with Crippen molar-refractivity contribution in [2.45, 2.75) is 19.9 Å². The minimum Gasteiger partial charge on any atom is -0.481 e. The highest BCUT2D eigenvalue weighted by Crippen LogP contribution is 2.33. The Kier molecular flexibility index (Phi) is 3.41. The standard InChI is InChI=1S/C19H17NO4/c1-12-9-20(10-14-3-5-17-18(7-14)24-11-23-17)16-6-13(8-19(21)22)2-4-15(12)16/h2-7,9H,8,10-11H2,1H3,(H,21,22). The van der Waals surface area contributed by atoms with Crippen molar-refractivity contribution >= 4 is 16.9 Å². The second kappa shape index (κ2) is 5.60. The zero-order valence-electron chi connectivity index (χ0n) is 13.3. The van der Waals surface area contributed by atoms with Gasteiger partial charge in [-0.1, -0.05) is 18.2 Å². The number of carboxylic acids is 1. The van der Waals surface area contributed by atoms with Crippen molar-refractivity contribution in [1.29, 1.82) is 0 Å². The van der Waals surface area contributed by atoms with Crippen LogP contribution in [0.4, 0.5) is 0 Å². The number of benzene rings is 2. The molecule has 2 heterocycles. The molecule has 1 N–H and O–H groups in total. The third-order valence-corrected chi connectivity index (χ3v) is 4.29. The van der Waals surface area contributed by atoms with Gasteiger partial charge in [-0.15, -0.1) is 0 Å². The first-order valence-electron chi connectivity index (χ1n) is 7.79. The highest BCUT2D eigenvalue weighted by molar-refractivity contribution is 5.85. The number of carbonyl (C=O) groups is 1. The molecule has 0 bridgehead atoms. The van der Waals surface area contributed by atoms with Crippen LogP contribution in [0.3, 0.4) is 0 Å². The molecule has 24 heavy (non-hydrogen) atoms. The Balaban J connectivity index is 1.71. The Bertz CT molecular complexity index is 942. The summed E-state index contributed by atoms with van der Waals surface area (Å²) in [7, 11) is 0. The summed E-state index contributed by atoms with van der Waals surface area (Å²) in [5.41, 5.74) is 4.14. The molecule has 0 saturated heterocycles. The molecule has 0 saturated carbocycles. The molecule has 5 heteroatoms. The van der Waals surface area contributed by atoms with Gasteiger partial charge < -0.3 is 19.1 Å². The molecule has 1 aromatic heterocycles. The van der Waals surface area contributed by atoms with Crippen LogP contribution in [0, 0.1) is 6.92 Å². The van der Waals surface area contributed by atoms with Gasteiger partial charge in [-0.25, -0.2) is 0 Å². The summed E-state index contributed by atoms with van der Waals surface area (Å²) in [5.74, 6) is 0.725. The van der Waals surface area contributed by atoms with Crippen LogP contribution in [0.15, 0.2) is 42.6 Å². The van der Waals surface area contributed by atoms with Gasteiger partial charge in [0, 0.05) is 23.6 Å². The molecule has 0 aliphatic carbocycles. The Hall–Kier alpha value is -2.95. The molecular formula is C19H17NO4. The van der Waals surface area contributed by atoms with Gasteiger partial charge in [-0.05, 0) is 41.8 Å². The molecule has 0 amide bonds. The van der Waals surface area contributed by atoms with Crippen LogP contribution in [0.2, 0.25) is 0 Å². The molecule has 1 aliphatic heterocycles. The van der Waals surface area contributed by atoms with Crippen molar-refractivity contribution in [3.63, 3.8) is 0 Å². The number of aliphatic carboxylic acids is 1. The average Bonchev–Trinajstić information content (AvgIpc) is 3.12. The van der Waals surface area contributed by atoms with Crippen molar-refractivity contribution in [3.8, 4) is 11.5 Å². The van der Waals surface area contributed by atoms with Crippen LogP contribution >= 0.6 is 0 Å². The first kappa shape index (κ1) is 14.6. The molecule has 2 aromatic carbocycles. The Morgan fingerprint density at radius 1 is 1.12 bits per heavy atom. The monoisotopic (exact) mass is 323 g/mol. The molecule has 0 atom stereocenters. The lowest BCUT2D eigenvalue weighted by Gasteiger charge is -2.08. The lowest BCUT2D eigenvalue weighted by Crippen LogP contribution is -2.01. The van der Waals surface area contributed by atoms with E-state index in [0.717, 1.165) is 33.5 Å². The lowest BCUT2D eigenvalue weighted by atomic mass is 10.1. The van der Waals surface area contributed by atoms with Gasteiger partial charge in [0.2, 0.25) is 6.79 Å². The summed E-state index contributed by atoms with van der Waals surface area (Å²) in [6, 6.07) is 11.8. The van der Waals surface area contributed by atoms with Crippen LogP contribution in [0.1, 0.15) is 16.7 Å². The highest BCUT2D eigenvalue weighted by Gasteiger charge is 2.14. The number of nitrogens with zero attached hydrogens (tertiary/aromatic N) is 1. The maximum Gasteiger partial charge on any atom is 0.307 e. The number of carboxylic acid groups (broad SMARTS) is 1. The molecule has 122 valence electrons. The van der Waals surface area contributed by atoms with E-state index < -0.39 is 5.97 Å². The van der Waals surface area contributed by atoms with E-state index >= 15 is 0 Å². The molecule has 0 spiro atoms. The van der Waals surface area contributed by atoms with E-state index in [1.54, 1.807) is 0 Å². The fourth-order valence-electron chi connectivity index (χ4n) is 3.17. The second-order valence-corrected chi connectivity index (χ2v) is 6.05. The third-order valence-electron chi connectivity index (χ3n) is 4.29. The second-order valence-electron chi connectivity index (χ2n) is 6.05. The van der Waals surface area contributed by atoms with Crippen LogP contribution in [-0.4, -0.2) is 22.4 Å². The minimum atomic E-state index is -0.819. The Morgan fingerprint density at radius 2 is 1.92 bits per heavy atom. The molecule has 0 fully saturated rings. The van der Waals surface area contributed by atoms with Crippen LogP contribution in [-0.2, 0) is 17.8 Å². The quantitative estimate of drug-likeness (QED) is 0.800. The summed E-state index contributed by atoms with van der Waals surface area (Å²) in [4.78, 5) is 11.0. The van der Waals surface area contributed by atoms with E-state index in [1.165, 1.54) is 5.56 Å². The number of aryl methyl sites for hydroxylation is 1. The van der Waals surface area contributed by atoms with E-state index in [0.29, 0.717) is 6.54 Å². The highest BCUT2D eigenvalue weighted by atomic mass is 16.7. The van der Waals surface area contributed by atoms with Crippen molar-refractivity contribution < 1.29 is 19.4 Å². The summed E-state index contributed by atoms with van der Waals surface area (Å²) in [5, 5.41) is 10.1. The predicted octanol–water partition coefficient (Wildman–Crippen LogP) is 3.35. The summed E-state index contributed by atoms with van der Waals surface area (Å²) in [6.45, 7) is 3.02. The molecule has 0 unspecified atom stereocenters. The van der Waals surface area contributed by atoms with Gasteiger partial charge in [-0.2, -0.15) is 0 Å². The number of ether oxygens (including phenoxy) is 2. The Labute approximate surface area is 139 Å². The van der Waals surface area contributed by atoms with Gasteiger partial charge in [-0.3, -0.25) is 4.79 Å². The molecule has 3 aromatic rings. The lowest BCUT2D eigenvalue weighted by molar-refractivity contribution is -0.136. The van der Waals surface area contributed by atoms with E-state index in [2.05, 4.69) is 17.7 Å². The number of aromatic nitrogens is 1. The van der Waals surface area contributed by atoms with E-state index in [9.17, 15) is 4.79 Å². The molecule has 5 nitrogen and oxygen atoms in total. The zero-order chi connectivity index (χ0) is 16.7. The first-order chi connectivity index (χ1) is 11.6. The number of rotatable bonds is 4. The van der Waals surface area contributed by atoms with E-state index in [1.807, 2.05) is 36.4 Å². The van der Waals surface area contributed by atoms with Crippen LogP contribution < -0.4 is 9.47 Å². The number of hydrogen-bond acceptors (Lipinski definition) is 3. The predicted molar refractivity (Wildman–Crippen MR) is 89.7 cm³/mol. The first-order valence-corrected chi connectivity index (χ1v) is 7.79. The minimum absolute atomic E-state index is 0.0319. The fourth-order valence-corrected chi connectivity index (χ4v) is 3.17. The van der Waals surface area contributed by atoms with Gasteiger partial charge in [0.1, 0.15) is 0 Å². The largest absolute Gasteiger partial charge is 0.481 e. The van der Waals surface area contributed by atoms with Crippen molar-refractivity contribution in [3.05, 3.63) is 59.3 Å². The van der Waals surface area contributed by atoms with Crippen molar-refractivity contribution in [2.24, 2.45) is 0 Å².